The molecule has 0 saturated heterocycles. The molecule has 1 aromatic carbocycles. The molecule has 86 valence electrons. The van der Waals surface area contributed by atoms with E-state index in [1.165, 1.54) is 14.1 Å². The van der Waals surface area contributed by atoms with Crippen molar-refractivity contribution in [2.45, 2.75) is 0 Å². The Morgan fingerprint density at radius 1 is 1.44 bits per heavy atom. The van der Waals surface area contributed by atoms with E-state index in [0.29, 0.717) is 0 Å². The number of carbonyl (C=O) groups excluding carboxylic acids is 1. The number of benzene rings is 1. The number of phenolic OH excluding ortho intramolecular Hbond substituents is 1. The number of nitro groups is 1. The molecule has 1 aromatic rings. The third-order valence-electron chi connectivity index (χ3n) is 1.66. The van der Waals surface area contributed by atoms with Crippen LogP contribution in [0.2, 0.25) is 0 Å². The third kappa shape index (κ3) is 2.84. The summed E-state index contributed by atoms with van der Waals surface area (Å²) in [4.78, 5) is 22.1. The summed E-state index contributed by atoms with van der Waals surface area (Å²) in [5.74, 6) is -0.416. The Bertz CT molecular complexity index is 430. The average molecular weight is 226 g/mol. The van der Waals surface area contributed by atoms with E-state index in [9.17, 15) is 20.0 Å². The third-order valence-corrected chi connectivity index (χ3v) is 1.66. The number of non-ortho nitro benzene ring substituents is 1. The highest BCUT2D eigenvalue weighted by Gasteiger charge is 2.13. The Morgan fingerprint density at radius 3 is 2.56 bits per heavy atom. The van der Waals surface area contributed by atoms with Gasteiger partial charge in [0.1, 0.15) is 11.5 Å². The second-order valence-corrected chi connectivity index (χ2v) is 3.20. The van der Waals surface area contributed by atoms with E-state index in [2.05, 4.69) is 0 Å². The normalized spacial score (nSPS) is 9.62. The number of nitro benzene ring substituents is 1. The molecule has 16 heavy (non-hydrogen) atoms. The van der Waals surface area contributed by atoms with Crippen molar-refractivity contribution in [2.75, 3.05) is 14.1 Å². The van der Waals surface area contributed by atoms with Crippen LogP contribution in [0.1, 0.15) is 0 Å². The van der Waals surface area contributed by atoms with Crippen molar-refractivity contribution < 1.29 is 19.6 Å². The molecule has 0 spiro atoms. The van der Waals surface area contributed by atoms with Crippen molar-refractivity contribution in [2.24, 2.45) is 0 Å². The van der Waals surface area contributed by atoms with Crippen molar-refractivity contribution in [1.82, 2.24) is 4.90 Å². The van der Waals surface area contributed by atoms with Crippen LogP contribution in [0.15, 0.2) is 18.2 Å². The molecule has 0 fully saturated rings. The number of phenols is 1. The number of nitrogens with zero attached hydrogens (tertiary/aromatic N) is 2. The summed E-state index contributed by atoms with van der Waals surface area (Å²) in [5, 5.41) is 19.7. The van der Waals surface area contributed by atoms with Crippen LogP contribution in [-0.4, -0.2) is 35.1 Å². The summed E-state index contributed by atoms with van der Waals surface area (Å²) in [7, 11) is 2.94. The minimum Gasteiger partial charge on any atom is -0.508 e. The molecule has 1 N–H and O–H groups in total. The molecule has 0 atom stereocenters. The van der Waals surface area contributed by atoms with E-state index < -0.39 is 11.0 Å². The van der Waals surface area contributed by atoms with Crippen molar-refractivity contribution in [3.63, 3.8) is 0 Å². The lowest BCUT2D eigenvalue weighted by Crippen LogP contribution is -2.25. The number of aromatic hydroxyl groups is 1. The number of ether oxygens (including phenoxy) is 1. The summed E-state index contributed by atoms with van der Waals surface area (Å²) in [6.45, 7) is 0. The molecular weight excluding hydrogens is 216 g/mol. The fourth-order valence-corrected chi connectivity index (χ4v) is 0.924. The Labute approximate surface area is 91.0 Å². The van der Waals surface area contributed by atoms with E-state index >= 15 is 0 Å². The zero-order valence-electron chi connectivity index (χ0n) is 8.71. The van der Waals surface area contributed by atoms with Gasteiger partial charge in [-0.05, 0) is 0 Å². The lowest BCUT2D eigenvalue weighted by atomic mass is 10.3. The first-order chi connectivity index (χ1) is 7.40. The fraction of sp³-hybridized carbons (Fsp3) is 0.222. The van der Waals surface area contributed by atoms with Crippen molar-refractivity contribution >= 4 is 11.8 Å². The molecule has 0 aliphatic rings. The number of carbonyl (C=O) groups is 1. The topological polar surface area (TPSA) is 92.9 Å². The number of hydrogen-bond acceptors (Lipinski definition) is 5. The van der Waals surface area contributed by atoms with Gasteiger partial charge < -0.3 is 14.7 Å². The van der Waals surface area contributed by atoms with E-state index in [0.717, 1.165) is 23.1 Å². The Balaban J connectivity index is 2.97. The van der Waals surface area contributed by atoms with Crippen molar-refractivity contribution in [3.8, 4) is 11.5 Å². The highest BCUT2D eigenvalue weighted by atomic mass is 16.6. The maximum absolute atomic E-state index is 11.2. The maximum Gasteiger partial charge on any atom is 0.414 e. The van der Waals surface area contributed by atoms with Gasteiger partial charge in [0.25, 0.3) is 5.69 Å². The van der Waals surface area contributed by atoms with Crippen LogP contribution in [-0.2, 0) is 0 Å². The zero-order chi connectivity index (χ0) is 12.3. The maximum atomic E-state index is 11.2. The molecule has 7 heteroatoms. The van der Waals surface area contributed by atoms with Crippen LogP contribution in [0.4, 0.5) is 10.5 Å². The highest BCUT2D eigenvalue weighted by Crippen LogP contribution is 2.26. The molecule has 1 rings (SSSR count). The molecule has 1 amide bonds. The van der Waals surface area contributed by atoms with Crippen LogP contribution in [0.3, 0.4) is 0 Å². The molecule has 7 nitrogen and oxygen atoms in total. The van der Waals surface area contributed by atoms with Gasteiger partial charge in [-0.3, -0.25) is 10.1 Å². The Kier molecular flexibility index (Phi) is 3.29. The zero-order valence-corrected chi connectivity index (χ0v) is 8.71. The molecule has 0 radical (unpaired) electrons. The van der Waals surface area contributed by atoms with Crippen LogP contribution >= 0.6 is 0 Å². The first-order valence-corrected chi connectivity index (χ1v) is 4.27. The SMILES string of the molecule is CN(C)C(=O)Oc1cc(O)cc([N+](=O)[O-])c1. The largest absolute Gasteiger partial charge is 0.508 e. The van der Waals surface area contributed by atoms with Gasteiger partial charge in [-0.2, -0.15) is 0 Å². The van der Waals surface area contributed by atoms with Crippen LogP contribution in [0.5, 0.6) is 11.5 Å². The molecule has 0 aliphatic carbocycles. The number of rotatable bonds is 2. The summed E-state index contributed by atoms with van der Waals surface area (Å²) in [5.41, 5.74) is -0.346. The van der Waals surface area contributed by atoms with Crippen LogP contribution in [0.25, 0.3) is 0 Å². The van der Waals surface area contributed by atoms with Gasteiger partial charge in [-0.15, -0.1) is 0 Å². The van der Waals surface area contributed by atoms with Gasteiger partial charge in [0.2, 0.25) is 0 Å². The minimum absolute atomic E-state index is 0.0783. The van der Waals surface area contributed by atoms with Gasteiger partial charge in [0.15, 0.2) is 0 Å². The number of amides is 1. The molecule has 0 aliphatic heterocycles. The Morgan fingerprint density at radius 2 is 2.06 bits per heavy atom. The molecule has 0 bridgehead atoms. The summed E-state index contributed by atoms with van der Waals surface area (Å²) in [6, 6.07) is 3.14. The lowest BCUT2D eigenvalue weighted by molar-refractivity contribution is -0.385. The second kappa shape index (κ2) is 4.47. The lowest BCUT2D eigenvalue weighted by Gasteiger charge is -2.10. The molecule has 0 aromatic heterocycles. The van der Waals surface area contributed by atoms with E-state index in [1.54, 1.807) is 0 Å². The predicted octanol–water partition coefficient (Wildman–Crippen LogP) is 1.36. The Hall–Kier alpha value is -2.31. The minimum atomic E-state index is -0.688. The summed E-state index contributed by atoms with van der Waals surface area (Å²) >= 11 is 0. The monoisotopic (exact) mass is 226 g/mol. The van der Waals surface area contributed by atoms with Gasteiger partial charge >= 0.3 is 6.09 Å². The standard InChI is InChI=1S/C9H10N2O5/c1-10(2)9(13)16-8-4-6(11(14)15)3-7(12)5-8/h3-5,12H,1-2H3. The predicted molar refractivity (Wildman–Crippen MR) is 54.5 cm³/mol. The quantitative estimate of drug-likeness (QED) is 0.607. The van der Waals surface area contributed by atoms with Crippen LogP contribution in [0, 0.1) is 10.1 Å². The fourth-order valence-electron chi connectivity index (χ4n) is 0.924. The highest BCUT2D eigenvalue weighted by molar-refractivity contribution is 5.70. The van der Waals surface area contributed by atoms with Gasteiger partial charge in [-0.1, -0.05) is 0 Å². The van der Waals surface area contributed by atoms with Gasteiger partial charge in [0, 0.05) is 20.2 Å². The molecular formula is C9H10N2O5. The molecule has 0 unspecified atom stereocenters. The summed E-state index contributed by atoms with van der Waals surface area (Å²) in [6.07, 6.45) is -0.681. The van der Waals surface area contributed by atoms with E-state index in [1.807, 2.05) is 0 Å². The van der Waals surface area contributed by atoms with Crippen molar-refractivity contribution in [1.29, 1.82) is 0 Å². The first kappa shape index (κ1) is 11.8. The average Bonchev–Trinajstić information content (AvgIpc) is 2.16. The first-order valence-electron chi connectivity index (χ1n) is 4.27. The van der Waals surface area contributed by atoms with Crippen molar-refractivity contribution in [3.05, 3.63) is 28.3 Å². The molecule has 0 saturated carbocycles. The van der Waals surface area contributed by atoms with E-state index in [4.69, 9.17) is 4.74 Å². The van der Waals surface area contributed by atoms with E-state index in [-0.39, 0.29) is 17.2 Å². The number of hydrogen-bond donors (Lipinski definition) is 1. The second-order valence-electron chi connectivity index (χ2n) is 3.20. The van der Waals surface area contributed by atoms with Crippen LogP contribution < -0.4 is 4.74 Å². The summed E-state index contributed by atoms with van der Waals surface area (Å²) < 4.78 is 4.77. The van der Waals surface area contributed by atoms with Gasteiger partial charge in [-0.25, -0.2) is 4.79 Å². The molecule has 0 heterocycles. The van der Waals surface area contributed by atoms with Gasteiger partial charge in [0.05, 0.1) is 17.1 Å². The smallest absolute Gasteiger partial charge is 0.414 e.